The zero-order valence-electron chi connectivity index (χ0n) is 23.4. The van der Waals surface area contributed by atoms with E-state index in [-0.39, 0.29) is 30.6 Å². The van der Waals surface area contributed by atoms with E-state index in [9.17, 15) is 23.5 Å². The molecule has 2 aromatic heterocycles. The first-order valence-electron chi connectivity index (χ1n) is 14.2. The summed E-state index contributed by atoms with van der Waals surface area (Å²) in [6, 6.07) is 9.79. The molecule has 1 aliphatic heterocycles. The van der Waals surface area contributed by atoms with Gasteiger partial charge in [0.15, 0.2) is 0 Å². The van der Waals surface area contributed by atoms with Crippen LogP contribution in [0, 0.1) is 5.41 Å². The Hall–Kier alpha value is -3.12. The Morgan fingerprint density at radius 3 is 2.51 bits per heavy atom. The Morgan fingerprint density at radius 1 is 1.22 bits per heavy atom. The van der Waals surface area contributed by atoms with Crippen LogP contribution in [0.4, 0.5) is 0 Å². The summed E-state index contributed by atoms with van der Waals surface area (Å²) in [5.74, 6) is -0.477. The molecule has 1 aromatic carbocycles. The largest absolute Gasteiger partial charge is 0.760 e. The van der Waals surface area contributed by atoms with Crippen molar-refractivity contribution in [3.05, 3.63) is 52.7 Å². The third-order valence-corrected chi connectivity index (χ3v) is 9.13. The van der Waals surface area contributed by atoms with E-state index < -0.39 is 22.7 Å². The molecule has 0 bridgehead atoms. The zero-order valence-corrected chi connectivity index (χ0v) is 24.3. The van der Waals surface area contributed by atoms with E-state index in [1.807, 2.05) is 30.3 Å². The van der Waals surface area contributed by atoms with Gasteiger partial charge in [0.1, 0.15) is 5.76 Å². The molecule has 1 aliphatic carbocycles. The Kier molecular flexibility index (Phi) is 8.88. The van der Waals surface area contributed by atoms with Crippen LogP contribution in [-0.2, 0) is 33.8 Å². The molecule has 1 saturated carbocycles. The number of hydrogen-bond acceptors (Lipinski definition) is 7. The second-order valence-corrected chi connectivity index (χ2v) is 11.9. The average Bonchev–Trinajstić information content (AvgIpc) is 3.76. The van der Waals surface area contributed by atoms with Gasteiger partial charge < -0.3 is 24.1 Å². The Morgan fingerprint density at radius 2 is 1.93 bits per heavy atom. The normalized spacial score (nSPS) is 17.6. The lowest BCUT2D eigenvalue weighted by Crippen LogP contribution is -2.38. The molecular weight excluding hydrogens is 546 g/mol. The van der Waals surface area contributed by atoms with Gasteiger partial charge in [-0.2, -0.15) is 0 Å². The number of ether oxygens (including phenoxy) is 1. The van der Waals surface area contributed by atoms with Gasteiger partial charge in [-0.1, -0.05) is 31.2 Å². The van der Waals surface area contributed by atoms with Crippen molar-refractivity contribution in [2.24, 2.45) is 5.41 Å². The van der Waals surface area contributed by atoms with Crippen molar-refractivity contribution < 1.29 is 32.6 Å². The first-order chi connectivity index (χ1) is 19.8. The number of amides is 1. The van der Waals surface area contributed by atoms with Crippen molar-refractivity contribution in [3.8, 4) is 11.3 Å². The van der Waals surface area contributed by atoms with Crippen LogP contribution in [0.15, 0.2) is 34.7 Å². The number of nitrogens with one attached hydrogen (secondary N) is 1. The number of hydrogen-bond donors (Lipinski definition) is 2. The highest BCUT2D eigenvalue weighted by Gasteiger charge is 2.39. The van der Waals surface area contributed by atoms with Gasteiger partial charge in [-0.25, -0.2) is 9.29 Å². The third kappa shape index (κ3) is 6.23. The summed E-state index contributed by atoms with van der Waals surface area (Å²) >= 11 is -2.53. The molecule has 3 heterocycles. The first kappa shape index (κ1) is 29.4. The molecule has 2 N–H and O–H groups in total. The van der Waals surface area contributed by atoms with Crippen LogP contribution in [0.2, 0.25) is 0 Å². The molecule has 220 valence electrons. The molecule has 41 heavy (non-hydrogen) atoms. The minimum atomic E-state index is -2.53. The van der Waals surface area contributed by atoms with Crippen molar-refractivity contribution in [2.45, 2.75) is 64.3 Å². The predicted molar refractivity (Wildman–Crippen MR) is 153 cm³/mol. The average molecular weight is 583 g/mol. The predicted octanol–water partition coefficient (Wildman–Crippen LogP) is 4.55. The molecule has 1 saturated heterocycles. The second kappa shape index (κ2) is 12.4. The highest BCUT2D eigenvalue weighted by molar-refractivity contribution is 7.76. The maximum atomic E-state index is 13.0. The van der Waals surface area contributed by atoms with Crippen molar-refractivity contribution in [2.75, 3.05) is 26.8 Å². The van der Waals surface area contributed by atoms with E-state index in [0.29, 0.717) is 61.3 Å². The van der Waals surface area contributed by atoms with Crippen LogP contribution in [0.3, 0.4) is 0 Å². The van der Waals surface area contributed by atoms with Gasteiger partial charge in [0, 0.05) is 43.6 Å². The molecule has 1 amide bonds. The minimum Gasteiger partial charge on any atom is -0.760 e. The summed E-state index contributed by atoms with van der Waals surface area (Å²) in [7, 11) is 1.57. The number of aliphatic carboxylic acids is 1. The molecule has 3 aromatic rings. The van der Waals surface area contributed by atoms with Gasteiger partial charge in [0.2, 0.25) is 5.71 Å². The van der Waals surface area contributed by atoms with Gasteiger partial charge in [0.25, 0.3) is 5.91 Å². The number of fused-ring (bicyclic) bond motifs is 1. The molecule has 2 fully saturated rings. The Balaban J connectivity index is 1.45. The van der Waals surface area contributed by atoms with Crippen LogP contribution < -0.4 is 5.32 Å². The zero-order chi connectivity index (χ0) is 29.1. The van der Waals surface area contributed by atoms with Crippen LogP contribution in [0.5, 0.6) is 0 Å². The number of pyridine rings is 1. The monoisotopic (exact) mass is 582 g/mol. The first-order valence-corrected chi connectivity index (χ1v) is 15.2. The van der Waals surface area contributed by atoms with Crippen molar-refractivity contribution >= 4 is 34.2 Å². The lowest BCUT2D eigenvalue weighted by atomic mass is 9.76. The second-order valence-electron chi connectivity index (χ2n) is 11.0. The van der Waals surface area contributed by atoms with Crippen molar-refractivity contribution in [1.82, 2.24) is 14.6 Å². The standard InChI is InChI=1S/C30H37N3O7S/c1-3-19-5-7-21(8-6-19)26-25(27(34)31-2)23-17-22(20-9-10-20)24(32-28(23)40-26)18-33(41(37)38)14-4-11-30(29(35)36)12-15-39-16-13-30/h5-8,17,20H,3-4,9-16,18H2,1-2H3,(H,31,34)(H,35,36)(H,37,38)/p-1. The summed E-state index contributed by atoms with van der Waals surface area (Å²) in [5.41, 5.74) is 3.23. The lowest BCUT2D eigenvalue weighted by molar-refractivity contribution is -0.155. The highest BCUT2D eigenvalue weighted by atomic mass is 32.2. The van der Waals surface area contributed by atoms with E-state index in [4.69, 9.17) is 14.1 Å². The quantitative estimate of drug-likeness (QED) is 0.296. The number of furan rings is 1. The SMILES string of the molecule is CCc1ccc(-c2oc3nc(CN(CCCC4(C(=O)O)CCOCC4)S(=O)[O-])c(C4CC4)cc3c2C(=O)NC)cc1. The van der Waals surface area contributed by atoms with Crippen LogP contribution in [0.25, 0.3) is 22.4 Å². The van der Waals surface area contributed by atoms with Gasteiger partial charge >= 0.3 is 5.97 Å². The summed E-state index contributed by atoms with van der Waals surface area (Å²) < 4.78 is 37.4. The Bertz CT molecular complexity index is 1440. The molecular formula is C30H36N3O7S-. The summed E-state index contributed by atoms with van der Waals surface area (Å²) in [5, 5.41) is 13.2. The number of carbonyl (C=O) groups excluding carboxylic acids is 1. The van der Waals surface area contributed by atoms with E-state index in [1.54, 1.807) is 7.05 Å². The molecule has 0 radical (unpaired) electrons. The van der Waals surface area contributed by atoms with Gasteiger partial charge in [0.05, 0.1) is 28.6 Å². The summed E-state index contributed by atoms with van der Waals surface area (Å²) in [6.45, 7) is 3.07. The number of rotatable bonds is 12. The number of aryl methyl sites for hydroxylation is 1. The molecule has 2 aliphatic rings. The minimum absolute atomic E-state index is 0.0393. The topological polar surface area (TPSA) is 145 Å². The number of benzene rings is 1. The fourth-order valence-electron chi connectivity index (χ4n) is 5.69. The van der Waals surface area contributed by atoms with Gasteiger partial charge in [-0.15, -0.1) is 0 Å². The fourth-order valence-corrected chi connectivity index (χ4v) is 6.20. The van der Waals surface area contributed by atoms with Crippen molar-refractivity contribution in [1.29, 1.82) is 0 Å². The molecule has 10 nitrogen and oxygen atoms in total. The number of aromatic nitrogens is 1. The number of nitrogens with zero attached hydrogens (tertiary/aromatic N) is 2. The molecule has 1 atom stereocenters. The maximum absolute atomic E-state index is 13.0. The van der Waals surface area contributed by atoms with E-state index in [1.165, 1.54) is 9.87 Å². The molecule has 0 spiro atoms. The van der Waals surface area contributed by atoms with E-state index in [2.05, 4.69) is 12.2 Å². The summed E-state index contributed by atoms with van der Waals surface area (Å²) in [6.07, 6.45) is 4.42. The fraction of sp³-hybridized carbons (Fsp3) is 0.500. The third-order valence-electron chi connectivity index (χ3n) is 8.39. The smallest absolute Gasteiger partial charge is 0.309 e. The Labute approximate surface area is 241 Å². The van der Waals surface area contributed by atoms with E-state index in [0.717, 1.165) is 30.4 Å². The lowest BCUT2D eigenvalue weighted by Gasteiger charge is -2.34. The molecule has 5 rings (SSSR count). The van der Waals surface area contributed by atoms with Crippen LogP contribution in [0.1, 0.15) is 78.5 Å². The van der Waals surface area contributed by atoms with Crippen molar-refractivity contribution in [3.63, 3.8) is 0 Å². The maximum Gasteiger partial charge on any atom is 0.309 e. The van der Waals surface area contributed by atoms with Crippen LogP contribution >= 0.6 is 0 Å². The van der Waals surface area contributed by atoms with Gasteiger partial charge in [-0.3, -0.25) is 13.8 Å². The molecule has 1 unspecified atom stereocenters. The highest BCUT2D eigenvalue weighted by Crippen LogP contribution is 2.44. The van der Waals surface area contributed by atoms with Gasteiger partial charge in [-0.05, 0) is 68.1 Å². The molecule has 11 heteroatoms. The number of carbonyl (C=O) groups is 2. The van der Waals surface area contributed by atoms with E-state index >= 15 is 0 Å². The summed E-state index contributed by atoms with van der Waals surface area (Å²) in [4.78, 5) is 29.8. The van der Waals surface area contributed by atoms with Crippen LogP contribution in [-0.4, -0.2) is 61.8 Å². The number of carboxylic acids is 1. The number of carboxylic acid groups (broad SMARTS) is 1.